The number of rotatable bonds is 7. The third kappa shape index (κ3) is 10.1. The molecule has 0 bridgehead atoms. The Morgan fingerprint density at radius 2 is 1.28 bits per heavy atom. The summed E-state index contributed by atoms with van der Waals surface area (Å²) in [7, 11) is 1.08. The van der Waals surface area contributed by atoms with Crippen molar-refractivity contribution in [2.24, 2.45) is 0 Å². The van der Waals surface area contributed by atoms with Gasteiger partial charge in [0.1, 0.15) is 17.8 Å². The number of esters is 2. The molecule has 1 rings (SSSR count). The first kappa shape index (κ1) is 26.7. The van der Waals surface area contributed by atoms with Gasteiger partial charge in [0, 0.05) is 0 Å². The molecular weight excluding hydrogens is 420 g/mol. The minimum absolute atomic E-state index is 0.0723. The summed E-state index contributed by atoms with van der Waals surface area (Å²) in [5.41, 5.74) is -1.09. The Kier molecular flexibility index (Phi) is 9.49. The van der Waals surface area contributed by atoms with E-state index in [2.05, 4.69) is 10.6 Å². The van der Waals surface area contributed by atoms with Crippen molar-refractivity contribution < 1.29 is 38.1 Å². The number of amides is 2. The quantitative estimate of drug-likeness (QED) is 0.477. The van der Waals surface area contributed by atoms with Gasteiger partial charge in [-0.15, -0.1) is 0 Å². The second-order valence-electron chi connectivity index (χ2n) is 8.86. The summed E-state index contributed by atoms with van der Waals surface area (Å²) >= 11 is 0. The summed E-state index contributed by atoms with van der Waals surface area (Å²) < 4.78 is 20.3. The van der Waals surface area contributed by atoms with Gasteiger partial charge in [-0.25, -0.2) is 19.2 Å². The maximum Gasteiger partial charge on any atom is 0.408 e. The smallest absolute Gasteiger partial charge is 0.408 e. The topological polar surface area (TPSA) is 129 Å². The van der Waals surface area contributed by atoms with E-state index in [1.165, 1.54) is 0 Å². The van der Waals surface area contributed by atoms with Gasteiger partial charge < -0.3 is 29.6 Å². The number of methoxy groups -OCH3 is 1. The molecule has 0 unspecified atom stereocenters. The van der Waals surface area contributed by atoms with Crippen molar-refractivity contribution in [1.29, 1.82) is 0 Å². The van der Waals surface area contributed by atoms with Gasteiger partial charge in [-0.3, -0.25) is 0 Å². The average Bonchev–Trinajstić information content (AvgIpc) is 2.66. The molecule has 0 spiro atoms. The minimum atomic E-state index is -1.64. The van der Waals surface area contributed by atoms with Crippen LogP contribution in [0.25, 0.3) is 0 Å². The lowest BCUT2D eigenvalue weighted by molar-refractivity contribution is -0.162. The van der Waals surface area contributed by atoms with Gasteiger partial charge in [-0.1, -0.05) is 30.3 Å². The van der Waals surface area contributed by atoms with Crippen LogP contribution in [-0.4, -0.2) is 54.5 Å². The Labute approximate surface area is 187 Å². The highest BCUT2D eigenvalue weighted by Crippen LogP contribution is 2.13. The van der Waals surface area contributed by atoms with Crippen molar-refractivity contribution in [2.75, 3.05) is 7.11 Å². The predicted molar refractivity (Wildman–Crippen MR) is 115 cm³/mol. The SMILES string of the molecule is COC(=O)[C@H](NC(=O)OCc1ccccc1)[C@@H](NC(=O)OC(C)(C)C)C(=O)OC(C)(C)C. The molecule has 178 valence electrons. The normalized spacial score (nSPS) is 13.2. The van der Waals surface area contributed by atoms with Gasteiger partial charge in [0.15, 0.2) is 12.1 Å². The first-order chi connectivity index (χ1) is 14.7. The predicted octanol–water partition coefficient (Wildman–Crippen LogP) is 2.69. The van der Waals surface area contributed by atoms with Crippen LogP contribution in [0, 0.1) is 0 Å². The molecule has 2 N–H and O–H groups in total. The fourth-order valence-electron chi connectivity index (χ4n) is 2.38. The van der Waals surface area contributed by atoms with E-state index in [0.29, 0.717) is 5.56 Å². The lowest BCUT2D eigenvalue weighted by atomic mass is 10.1. The Morgan fingerprint density at radius 3 is 1.78 bits per heavy atom. The van der Waals surface area contributed by atoms with Crippen molar-refractivity contribution in [3.05, 3.63) is 35.9 Å². The van der Waals surface area contributed by atoms with Gasteiger partial charge in [0.2, 0.25) is 0 Å². The number of nitrogens with one attached hydrogen (secondary N) is 2. The summed E-state index contributed by atoms with van der Waals surface area (Å²) in [6, 6.07) is 5.59. The second-order valence-corrected chi connectivity index (χ2v) is 8.86. The molecule has 0 saturated carbocycles. The Bertz CT molecular complexity index is 796. The minimum Gasteiger partial charge on any atom is -0.467 e. The fourth-order valence-corrected chi connectivity index (χ4v) is 2.38. The van der Waals surface area contributed by atoms with E-state index in [4.69, 9.17) is 18.9 Å². The lowest BCUT2D eigenvalue weighted by Gasteiger charge is -2.29. The molecule has 0 aliphatic heterocycles. The highest BCUT2D eigenvalue weighted by Gasteiger charge is 2.41. The number of alkyl carbamates (subject to hydrolysis) is 2. The van der Waals surface area contributed by atoms with E-state index in [1.54, 1.807) is 65.8 Å². The maximum absolute atomic E-state index is 12.8. The number of carbonyl (C=O) groups excluding carboxylic acids is 4. The van der Waals surface area contributed by atoms with E-state index in [0.717, 1.165) is 7.11 Å². The van der Waals surface area contributed by atoms with Crippen LogP contribution in [0.15, 0.2) is 30.3 Å². The monoisotopic (exact) mass is 452 g/mol. The highest BCUT2D eigenvalue weighted by molar-refractivity contribution is 5.92. The average molecular weight is 453 g/mol. The molecule has 2 amide bonds. The Morgan fingerprint density at radius 1 is 0.781 bits per heavy atom. The Hall–Kier alpha value is -3.30. The van der Waals surface area contributed by atoms with Crippen LogP contribution in [0.1, 0.15) is 47.1 Å². The van der Waals surface area contributed by atoms with Crippen molar-refractivity contribution in [3.63, 3.8) is 0 Å². The molecule has 0 saturated heterocycles. The molecule has 2 atom stereocenters. The fraction of sp³-hybridized carbons (Fsp3) is 0.545. The third-order valence-corrected chi connectivity index (χ3v) is 3.61. The number of ether oxygens (including phenoxy) is 4. The summed E-state index contributed by atoms with van der Waals surface area (Å²) in [6.45, 7) is 9.67. The number of hydrogen-bond acceptors (Lipinski definition) is 8. The first-order valence-corrected chi connectivity index (χ1v) is 9.99. The van der Waals surface area contributed by atoms with Crippen LogP contribution >= 0.6 is 0 Å². The van der Waals surface area contributed by atoms with E-state index in [9.17, 15) is 19.2 Å². The van der Waals surface area contributed by atoms with Crippen LogP contribution in [0.4, 0.5) is 9.59 Å². The van der Waals surface area contributed by atoms with Crippen LogP contribution in [0.3, 0.4) is 0 Å². The standard InChI is InChI=1S/C22H32N2O8/c1-21(2,3)31-18(26)16(24-20(28)32-22(4,5)6)15(17(25)29-7)23-19(27)30-13-14-11-9-8-10-12-14/h8-12,15-16H,13H2,1-7H3,(H,23,27)(H,24,28)/t15-,16-/m1/s1. The number of benzene rings is 1. The molecule has 0 aromatic heterocycles. The zero-order valence-corrected chi connectivity index (χ0v) is 19.5. The Balaban J connectivity index is 3.06. The van der Waals surface area contributed by atoms with Gasteiger partial charge in [0.25, 0.3) is 0 Å². The molecular formula is C22H32N2O8. The van der Waals surface area contributed by atoms with Crippen molar-refractivity contribution in [3.8, 4) is 0 Å². The van der Waals surface area contributed by atoms with Gasteiger partial charge in [-0.2, -0.15) is 0 Å². The lowest BCUT2D eigenvalue weighted by Crippen LogP contribution is -2.60. The van der Waals surface area contributed by atoms with Crippen LogP contribution in [0.2, 0.25) is 0 Å². The molecule has 32 heavy (non-hydrogen) atoms. The molecule has 1 aromatic carbocycles. The zero-order chi connectivity index (χ0) is 24.5. The molecule has 1 aromatic rings. The van der Waals surface area contributed by atoms with Gasteiger partial charge in [-0.05, 0) is 47.1 Å². The van der Waals surface area contributed by atoms with Gasteiger partial charge in [0.05, 0.1) is 7.11 Å². The molecule has 10 heteroatoms. The maximum atomic E-state index is 12.8. The zero-order valence-electron chi connectivity index (χ0n) is 19.5. The molecule has 0 radical (unpaired) electrons. The summed E-state index contributed by atoms with van der Waals surface area (Å²) in [6.07, 6.45) is -1.98. The number of carbonyl (C=O) groups is 4. The van der Waals surface area contributed by atoms with E-state index < -0.39 is 47.4 Å². The van der Waals surface area contributed by atoms with Crippen LogP contribution < -0.4 is 10.6 Å². The van der Waals surface area contributed by atoms with Gasteiger partial charge >= 0.3 is 24.1 Å². The molecule has 0 fully saturated rings. The summed E-state index contributed by atoms with van der Waals surface area (Å²) in [5.74, 6) is -1.96. The van der Waals surface area contributed by atoms with Crippen molar-refractivity contribution >= 4 is 24.1 Å². The molecule has 0 aliphatic rings. The van der Waals surface area contributed by atoms with Crippen molar-refractivity contribution in [1.82, 2.24) is 10.6 Å². The van der Waals surface area contributed by atoms with E-state index >= 15 is 0 Å². The second kappa shape index (κ2) is 11.4. The van der Waals surface area contributed by atoms with Crippen LogP contribution in [0.5, 0.6) is 0 Å². The highest BCUT2D eigenvalue weighted by atomic mass is 16.6. The third-order valence-electron chi connectivity index (χ3n) is 3.61. The first-order valence-electron chi connectivity index (χ1n) is 9.99. The van der Waals surface area contributed by atoms with E-state index in [-0.39, 0.29) is 6.61 Å². The molecule has 10 nitrogen and oxygen atoms in total. The molecule has 0 aliphatic carbocycles. The molecule has 0 heterocycles. The summed E-state index contributed by atoms with van der Waals surface area (Å²) in [4.78, 5) is 49.8. The van der Waals surface area contributed by atoms with E-state index in [1.807, 2.05) is 6.07 Å². The van der Waals surface area contributed by atoms with Crippen LogP contribution in [-0.2, 0) is 35.1 Å². The largest absolute Gasteiger partial charge is 0.467 e. The summed E-state index contributed by atoms with van der Waals surface area (Å²) in [5, 5.41) is 4.55. The van der Waals surface area contributed by atoms with Crippen molar-refractivity contribution in [2.45, 2.75) is 71.4 Å². The number of hydrogen-bond donors (Lipinski definition) is 2.